The minimum atomic E-state index is -0.524. The molecule has 3 rings (SSSR count). The first-order valence-corrected chi connectivity index (χ1v) is 10.9. The Morgan fingerprint density at radius 2 is 1.78 bits per heavy atom. The number of rotatable bonds is 9. The number of hydrogen-bond donors (Lipinski definition) is 0. The second kappa shape index (κ2) is 10.3. The third kappa shape index (κ3) is 5.47. The molecule has 1 aromatic heterocycles. The Morgan fingerprint density at radius 1 is 1.06 bits per heavy atom. The van der Waals surface area contributed by atoms with Gasteiger partial charge in [0.25, 0.3) is 0 Å². The standard InChI is InChI=1S/C27H30O5/c1-6-7-8-9-20-12-18(4)25(19(5)13-20)23-14-21-10-11-22(15-24(21)32-27(23)29)30-16-31-26(28)17(2)3/h10-15H,2,6-9,16H2,1,3-5H3. The number of carbonyl (C=O) groups is 1. The Labute approximate surface area is 188 Å². The molecule has 0 N–H and O–H groups in total. The Bertz CT molecular complexity index is 1180. The minimum absolute atomic E-state index is 0.248. The van der Waals surface area contributed by atoms with Crippen molar-refractivity contribution in [1.29, 1.82) is 0 Å². The van der Waals surface area contributed by atoms with E-state index in [0.29, 0.717) is 22.5 Å². The van der Waals surface area contributed by atoms with Gasteiger partial charge < -0.3 is 13.9 Å². The van der Waals surface area contributed by atoms with Gasteiger partial charge in [0.2, 0.25) is 6.79 Å². The quantitative estimate of drug-likeness (QED) is 0.131. The summed E-state index contributed by atoms with van der Waals surface area (Å²) in [6, 6.07) is 11.4. The summed E-state index contributed by atoms with van der Waals surface area (Å²) >= 11 is 0. The van der Waals surface area contributed by atoms with Crippen molar-refractivity contribution >= 4 is 16.9 Å². The summed E-state index contributed by atoms with van der Waals surface area (Å²) in [6.07, 6.45) is 4.63. The van der Waals surface area contributed by atoms with Crippen molar-refractivity contribution in [3.05, 3.63) is 75.7 Å². The molecule has 0 spiro atoms. The van der Waals surface area contributed by atoms with E-state index in [1.807, 2.05) is 26.0 Å². The Hall–Kier alpha value is -3.34. The number of ether oxygens (including phenoxy) is 2. The lowest BCUT2D eigenvalue weighted by Gasteiger charge is -2.13. The van der Waals surface area contributed by atoms with Crippen molar-refractivity contribution in [1.82, 2.24) is 0 Å². The van der Waals surface area contributed by atoms with E-state index in [0.717, 1.165) is 28.5 Å². The molecule has 0 saturated carbocycles. The molecule has 0 saturated heterocycles. The fourth-order valence-corrected chi connectivity index (χ4v) is 3.83. The largest absolute Gasteiger partial charge is 0.457 e. The molecule has 3 aromatic rings. The van der Waals surface area contributed by atoms with E-state index in [2.05, 4.69) is 25.6 Å². The molecular weight excluding hydrogens is 404 g/mol. The summed E-state index contributed by atoms with van der Waals surface area (Å²) in [5.74, 6) is -0.0872. The van der Waals surface area contributed by atoms with Gasteiger partial charge in [-0.25, -0.2) is 9.59 Å². The molecular formula is C27H30O5. The van der Waals surface area contributed by atoms with E-state index in [-0.39, 0.29) is 6.79 Å². The smallest absolute Gasteiger partial charge is 0.344 e. The van der Waals surface area contributed by atoms with Crippen molar-refractivity contribution in [3.8, 4) is 16.9 Å². The van der Waals surface area contributed by atoms with Crippen molar-refractivity contribution in [2.75, 3.05) is 6.79 Å². The van der Waals surface area contributed by atoms with Gasteiger partial charge in [0.15, 0.2) is 0 Å². The number of aryl methyl sites for hydroxylation is 3. The van der Waals surface area contributed by atoms with E-state index < -0.39 is 11.6 Å². The lowest BCUT2D eigenvalue weighted by molar-refractivity contribution is -0.145. The van der Waals surface area contributed by atoms with Crippen LogP contribution in [-0.2, 0) is 16.0 Å². The molecule has 1 heterocycles. The Morgan fingerprint density at radius 3 is 2.44 bits per heavy atom. The summed E-state index contributed by atoms with van der Waals surface area (Å²) in [7, 11) is 0. The van der Waals surface area contributed by atoms with Crippen LogP contribution in [0.3, 0.4) is 0 Å². The van der Waals surface area contributed by atoms with E-state index >= 15 is 0 Å². The van der Waals surface area contributed by atoms with Gasteiger partial charge in [-0.3, -0.25) is 0 Å². The van der Waals surface area contributed by atoms with E-state index in [4.69, 9.17) is 13.9 Å². The van der Waals surface area contributed by atoms with Crippen molar-refractivity contribution in [2.24, 2.45) is 0 Å². The highest BCUT2D eigenvalue weighted by Gasteiger charge is 2.14. The lowest BCUT2D eigenvalue weighted by Crippen LogP contribution is -2.10. The monoisotopic (exact) mass is 434 g/mol. The average molecular weight is 435 g/mol. The molecule has 0 aliphatic rings. The predicted octanol–water partition coefficient (Wildman–Crippen LogP) is 6.27. The molecule has 0 amide bonds. The molecule has 0 atom stereocenters. The molecule has 32 heavy (non-hydrogen) atoms. The van der Waals surface area contributed by atoms with Gasteiger partial charge in [0.1, 0.15) is 11.3 Å². The first-order chi connectivity index (χ1) is 15.3. The molecule has 168 valence electrons. The van der Waals surface area contributed by atoms with Crippen molar-refractivity contribution < 1.29 is 18.7 Å². The highest BCUT2D eigenvalue weighted by atomic mass is 16.7. The second-order valence-electron chi connectivity index (χ2n) is 8.18. The van der Waals surface area contributed by atoms with Crippen molar-refractivity contribution in [3.63, 3.8) is 0 Å². The first kappa shape index (κ1) is 23.3. The van der Waals surface area contributed by atoms with Gasteiger partial charge in [0, 0.05) is 17.0 Å². The average Bonchev–Trinajstić information content (AvgIpc) is 2.73. The third-order valence-corrected chi connectivity index (χ3v) is 5.40. The maximum Gasteiger partial charge on any atom is 0.344 e. The summed E-state index contributed by atoms with van der Waals surface area (Å²) in [4.78, 5) is 24.3. The van der Waals surface area contributed by atoms with Gasteiger partial charge in [-0.2, -0.15) is 0 Å². The number of unbranched alkanes of at least 4 members (excludes halogenated alkanes) is 2. The first-order valence-electron chi connectivity index (χ1n) is 10.9. The zero-order chi connectivity index (χ0) is 23.3. The van der Waals surface area contributed by atoms with Crippen molar-refractivity contribution in [2.45, 2.75) is 53.4 Å². The summed E-state index contributed by atoms with van der Waals surface area (Å²) < 4.78 is 16.0. The topological polar surface area (TPSA) is 65.7 Å². The Balaban J connectivity index is 1.86. The molecule has 0 fully saturated rings. The number of hydrogen-bond acceptors (Lipinski definition) is 5. The summed E-state index contributed by atoms with van der Waals surface area (Å²) in [5.41, 5.74) is 5.23. The number of fused-ring (bicyclic) bond motifs is 1. The predicted molar refractivity (Wildman–Crippen MR) is 127 cm³/mol. The van der Waals surface area contributed by atoms with E-state index in [1.165, 1.54) is 24.8 Å². The van der Waals surface area contributed by atoms with Crippen LogP contribution in [-0.4, -0.2) is 12.8 Å². The van der Waals surface area contributed by atoms with Crippen LogP contribution in [0.15, 0.2) is 57.8 Å². The molecule has 5 nitrogen and oxygen atoms in total. The van der Waals surface area contributed by atoms with Gasteiger partial charge in [-0.1, -0.05) is 38.5 Å². The van der Waals surface area contributed by atoms with Gasteiger partial charge in [0.05, 0.1) is 5.56 Å². The van der Waals surface area contributed by atoms with Crippen LogP contribution in [0.25, 0.3) is 22.1 Å². The number of benzene rings is 2. The van der Waals surface area contributed by atoms with Gasteiger partial charge in [-0.05, 0) is 74.1 Å². The highest BCUT2D eigenvalue weighted by Crippen LogP contribution is 2.30. The third-order valence-electron chi connectivity index (χ3n) is 5.40. The molecule has 0 unspecified atom stereocenters. The van der Waals surface area contributed by atoms with Crippen LogP contribution in [0.1, 0.15) is 49.8 Å². The minimum Gasteiger partial charge on any atom is -0.457 e. The molecule has 5 heteroatoms. The summed E-state index contributed by atoms with van der Waals surface area (Å²) in [6.45, 7) is 11.1. The Kier molecular flexibility index (Phi) is 7.52. The zero-order valence-corrected chi connectivity index (χ0v) is 19.2. The molecule has 0 aliphatic carbocycles. The van der Waals surface area contributed by atoms with Crippen LogP contribution in [0.2, 0.25) is 0 Å². The SMILES string of the molecule is C=C(C)C(=O)OCOc1ccc2cc(-c3c(C)cc(CCCCC)cc3C)c(=O)oc2c1. The molecule has 0 aliphatic heterocycles. The van der Waals surface area contributed by atoms with Gasteiger partial charge >= 0.3 is 11.6 Å². The molecule has 2 aromatic carbocycles. The fourth-order valence-electron chi connectivity index (χ4n) is 3.83. The fraction of sp³-hybridized carbons (Fsp3) is 0.333. The van der Waals surface area contributed by atoms with E-state index in [1.54, 1.807) is 19.1 Å². The normalized spacial score (nSPS) is 10.9. The van der Waals surface area contributed by atoms with Crippen LogP contribution >= 0.6 is 0 Å². The number of carbonyl (C=O) groups excluding carboxylic acids is 1. The van der Waals surface area contributed by atoms with Crippen LogP contribution in [0.5, 0.6) is 5.75 Å². The lowest BCUT2D eigenvalue weighted by atomic mass is 9.92. The summed E-state index contributed by atoms with van der Waals surface area (Å²) in [5, 5.41) is 0.789. The van der Waals surface area contributed by atoms with Gasteiger partial charge in [-0.15, -0.1) is 0 Å². The maximum absolute atomic E-state index is 12.8. The maximum atomic E-state index is 12.8. The number of esters is 1. The zero-order valence-electron chi connectivity index (χ0n) is 19.2. The van der Waals surface area contributed by atoms with E-state index in [9.17, 15) is 9.59 Å². The van der Waals surface area contributed by atoms with Crippen LogP contribution < -0.4 is 10.4 Å². The van der Waals surface area contributed by atoms with Crippen LogP contribution in [0, 0.1) is 13.8 Å². The van der Waals surface area contributed by atoms with Crippen LogP contribution in [0.4, 0.5) is 0 Å². The molecule has 0 bridgehead atoms. The molecule has 0 radical (unpaired) electrons. The highest BCUT2D eigenvalue weighted by molar-refractivity contribution is 5.87. The second-order valence-corrected chi connectivity index (χ2v) is 8.18.